The van der Waals surface area contributed by atoms with E-state index in [0.717, 1.165) is 29.3 Å². The molecule has 0 spiro atoms. The Bertz CT molecular complexity index is 350. The topological polar surface area (TPSA) is 12.0 Å². The van der Waals surface area contributed by atoms with Crippen LogP contribution in [0.25, 0.3) is 0 Å². The van der Waals surface area contributed by atoms with Crippen molar-refractivity contribution in [3.8, 4) is 0 Å². The van der Waals surface area contributed by atoms with Crippen molar-refractivity contribution in [1.29, 1.82) is 0 Å². The molecule has 0 aliphatic rings. The number of rotatable bonds is 6. The van der Waals surface area contributed by atoms with Gasteiger partial charge in [0.05, 0.1) is 0 Å². The first-order valence-corrected chi connectivity index (χ1v) is 7.03. The van der Waals surface area contributed by atoms with Gasteiger partial charge in [0, 0.05) is 16.1 Å². The van der Waals surface area contributed by atoms with Crippen LogP contribution in [0.3, 0.4) is 0 Å². The normalized spacial score (nSPS) is 13.1. The fourth-order valence-corrected chi connectivity index (χ4v) is 2.52. The molecule has 0 heterocycles. The lowest BCUT2D eigenvalue weighted by Crippen LogP contribution is -2.20. The summed E-state index contributed by atoms with van der Waals surface area (Å²) >= 11 is 3.40. The second-order valence-electron chi connectivity index (χ2n) is 4.43. The predicted octanol–water partition coefficient (Wildman–Crippen LogP) is 4.68. The smallest absolute Gasteiger partial charge is 0.128 e. The van der Waals surface area contributed by atoms with Gasteiger partial charge in [-0.15, -0.1) is 0 Å². The van der Waals surface area contributed by atoms with Crippen molar-refractivity contribution in [3.63, 3.8) is 0 Å². The second kappa shape index (κ2) is 7.12. The van der Waals surface area contributed by atoms with E-state index < -0.39 is 0 Å². The van der Waals surface area contributed by atoms with Gasteiger partial charge in [-0.25, -0.2) is 4.39 Å². The van der Waals surface area contributed by atoms with Crippen LogP contribution >= 0.6 is 15.9 Å². The molecule has 1 rings (SSSR count). The highest BCUT2D eigenvalue weighted by Crippen LogP contribution is 2.28. The molecule has 3 heteroatoms. The lowest BCUT2D eigenvalue weighted by molar-refractivity contribution is 0.378. The molecule has 0 aromatic heterocycles. The van der Waals surface area contributed by atoms with Gasteiger partial charge >= 0.3 is 0 Å². The van der Waals surface area contributed by atoms with Crippen LogP contribution in [0.5, 0.6) is 0 Å². The third-order valence-electron chi connectivity index (χ3n) is 3.41. The summed E-state index contributed by atoms with van der Waals surface area (Å²) in [6, 6.07) is 5.23. The summed E-state index contributed by atoms with van der Waals surface area (Å²) in [5.74, 6) is 0.518. The molecule has 17 heavy (non-hydrogen) atoms. The van der Waals surface area contributed by atoms with E-state index >= 15 is 0 Å². The Labute approximate surface area is 112 Å². The van der Waals surface area contributed by atoms with Gasteiger partial charge in [-0.1, -0.05) is 42.6 Å². The Morgan fingerprint density at radius 2 is 1.94 bits per heavy atom. The molecule has 0 bridgehead atoms. The monoisotopic (exact) mass is 301 g/mol. The van der Waals surface area contributed by atoms with Crippen molar-refractivity contribution in [2.75, 3.05) is 7.05 Å². The highest BCUT2D eigenvalue weighted by atomic mass is 79.9. The third kappa shape index (κ3) is 4.07. The predicted molar refractivity (Wildman–Crippen MR) is 74.6 cm³/mol. The third-order valence-corrected chi connectivity index (χ3v) is 3.90. The average Bonchev–Trinajstić information content (AvgIpc) is 2.34. The first-order chi connectivity index (χ1) is 8.12. The Morgan fingerprint density at radius 3 is 2.47 bits per heavy atom. The SMILES string of the molecule is CCC(CC)CC(NC)c1cc(Br)ccc1F. The van der Waals surface area contributed by atoms with Crippen LogP contribution in [-0.2, 0) is 0 Å². The van der Waals surface area contributed by atoms with Gasteiger partial charge in [0.15, 0.2) is 0 Å². The fourth-order valence-electron chi connectivity index (χ4n) is 2.14. The number of halogens is 2. The molecule has 0 radical (unpaired) electrons. The second-order valence-corrected chi connectivity index (χ2v) is 5.34. The van der Waals surface area contributed by atoms with Crippen LogP contribution in [0, 0.1) is 11.7 Å². The Hall–Kier alpha value is -0.410. The van der Waals surface area contributed by atoms with Crippen molar-refractivity contribution in [1.82, 2.24) is 5.32 Å². The lowest BCUT2D eigenvalue weighted by atomic mass is 9.91. The van der Waals surface area contributed by atoms with Gasteiger partial charge in [-0.2, -0.15) is 0 Å². The largest absolute Gasteiger partial charge is 0.313 e. The van der Waals surface area contributed by atoms with Gasteiger partial charge < -0.3 is 5.32 Å². The molecule has 0 amide bonds. The number of nitrogens with one attached hydrogen (secondary N) is 1. The molecule has 1 aromatic rings. The van der Waals surface area contributed by atoms with E-state index in [1.807, 2.05) is 13.1 Å². The van der Waals surface area contributed by atoms with Gasteiger partial charge in [0.25, 0.3) is 0 Å². The standard InChI is InChI=1S/C14H21BrFN/c1-4-10(5-2)8-14(17-3)12-9-11(15)6-7-13(12)16/h6-7,9-10,14,17H,4-5,8H2,1-3H3. The molecule has 96 valence electrons. The summed E-state index contributed by atoms with van der Waals surface area (Å²) < 4.78 is 14.7. The van der Waals surface area contributed by atoms with Crippen molar-refractivity contribution in [3.05, 3.63) is 34.1 Å². The summed E-state index contributed by atoms with van der Waals surface area (Å²) in [7, 11) is 1.90. The highest BCUT2D eigenvalue weighted by Gasteiger charge is 2.17. The van der Waals surface area contributed by atoms with E-state index in [-0.39, 0.29) is 11.9 Å². The van der Waals surface area contributed by atoms with Crippen molar-refractivity contribution < 1.29 is 4.39 Å². The summed E-state index contributed by atoms with van der Waals surface area (Å²) in [6.07, 6.45) is 3.27. The fraction of sp³-hybridized carbons (Fsp3) is 0.571. The molecule has 1 N–H and O–H groups in total. The molecule has 0 aliphatic heterocycles. The number of hydrogen-bond donors (Lipinski definition) is 1. The molecule has 1 aromatic carbocycles. The highest BCUT2D eigenvalue weighted by molar-refractivity contribution is 9.10. The first-order valence-electron chi connectivity index (χ1n) is 6.24. The van der Waals surface area contributed by atoms with Gasteiger partial charge in [0.2, 0.25) is 0 Å². The quantitative estimate of drug-likeness (QED) is 0.805. The van der Waals surface area contributed by atoms with Gasteiger partial charge in [0.1, 0.15) is 5.82 Å². The zero-order chi connectivity index (χ0) is 12.8. The zero-order valence-electron chi connectivity index (χ0n) is 10.8. The van der Waals surface area contributed by atoms with E-state index in [4.69, 9.17) is 0 Å². The Balaban J connectivity index is 2.89. The minimum absolute atomic E-state index is 0.0948. The minimum Gasteiger partial charge on any atom is -0.313 e. The molecule has 1 unspecified atom stereocenters. The number of hydrogen-bond acceptors (Lipinski definition) is 1. The van der Waals surface area contributed by atoms with E-state index in [0.29, 0.717) is 5.92 Å². The summed E-state index contributed by atoms with van der Waals surface area (Å²) in [4.78, 5) is 0. The Kier molecular flexibility index (Phi) is 6.14. The van der Waals surface area contributed by atoms with Crippen LogP contribution in [0.1, 0.15) is 44.7 Å². The summed E-state index contributed by atoms with van der Waals surface area (Å²) in [5, 5.41) is 3.22. The summed E-state index contributed by atoms with van der Waals surface area (Å²) in [6.45, 7) is 4.39. The molecule has 0 aliphatic carbocycles. The molecular formula is C14H21BrFN. The maximum Gasteiger partial charge on any atom is 0.128 e. The van der Waals surface area contributed by atoms with Crippen LogP contribution < -0.4 is 5.32 Å². The van der Waals surface area contributed by atoms with E-state index in [2.05, 4.69) is 35.1 Å². The average molecular weight is 302 g/mol. The van der Waals surface area contributed by atoms with E-state index in [9.17, 15) is 4.39 Å². The van der Waals surface area contributed by atoms with Gasteiger partial charge in [-0.05, 0) is 37.6 Å². The molecule has 1 nitrogen and oxygen atoms in total. The lowest BCUT2D eigenvalue weighted by Gasteiger charge is -2.22. The molecular weight excluding hydrogens is 281 g/mol. The first kappa shape index (κ1) is 14.7. The molecule has 0 saturated carbocycles. The molecule has 0 fully saturated rings. The van der Waals surface area contributed by atoms with Crippen LogP contribution in [0.4, 0.5) is 4.39 Å². The van der Waals surface area contributed by atoms with Gasteiger partial charge in [-0.3, -0.25) is 0 Å². The number of benzene rings is 1. The van der Waals surface area contributed by atoms with Crippen LogP contribution in [0.2, 0.25) is 0 Å². The zero-order valence-corrected chi connectivity index (χ0v) is 12.3. The van der Waals surface area contributed by atoms with Crippen LogP contribution in [-0.4, -0.2) is 7.05 Å². The minimum atomic E-state index is -0.126. The molecule has 1 atom stereocenters. The maximum atomic E-state index is 13.8. The summed E-state index contributed by atoms with van der Waals surface area (Å²) in [5.41, 5.74) is 0.758. The Morgan fingerprint density at radius 1 is 1.29 bits per heavy atom. The van der Waals surface area contributed by atoms with Crippen LogP contribution in [0.15, 0.2) is 22.7 Å². The molecule has 0 saturated heterocycles. The van der Waals surface area contributed by atoms with E-state index in [1.54, 1.807) is 6.07 Å². The maximum absolute atomic E-state index is 13.8. The van der Waals surface area contributed by atoms with E-state index in [1.165, 1.54) is 6.07 Å². The van der Waals surface area contributed by atoms with Crippen molar-refractivity contribution in [2.24, 2.45) is 5.92 Å². The van der Waals surface area contributed by atoms with Crippen molar-refractivity contribution >= 4 is 15.9 Å². The van der Waals surface area contributed by atoms with Crippen molar-refractivity contribution in [2.45, 2.75) is 39.2 Å².